The number of H-pyrrole nitrogens is 1. The van der Waals surface area contributed by atoms with Crippen LogP contribution in [0.15, 0.2) is 59.5 Å². The second-order valence-electron chi connectivity index (χ2n) is 5.46. The highest BCUT2D eigenvalue weighted by Gasteiger charge is 2.15. The molecule has 0 radical (unpaired) electrons. The standard InChI is InChI=1S/C17H13FN6O2/c18-12-5-2-1-4-11(12)9-24-10-19-17(23-24)20-16(25)14-8-13(21-22-14)15-6-3-7-26-15/h1-8,10H,9H2,(H,21,22)(H,20,23,25). The Morgan fingerprint density at radius 3 is 2.96 bits per heavy atom. The molecule has 0 aliphatic rings. The van der Waals surface area contributed by atoms with Crippen molar-refractivity contribution >= 4 is 11.9 Å². The van der Waals surface area contributed by atoms with Gasteiger partial charge < -0.3 is 4.42 Å². The van der Waals surface area contributed by atoms with Crippen molar-refractivity contribution in [2.75, 3.05) is 5.32 Å². The zero-order valence-corrected chi connectivity index (χ0v) is 13.4. The molecule has 0 aliphatic heterocycles. The van der Waals surface area contributed by atoms with Gasteiger partial charge in [-0.3, -0.25) is 15.2 Å². The van der Waals surface area contributed by atoms with Gasteiger partial charge in [0.25, 0.3) is 5.91 Å². The summed E-state index contributed by atoms with van der Waals surface area (Å²) >= 11 is 0. The molecule has 1 aromatic carbocycles. The van der Waals surface area contributed by atoms with Gasteiger partial charge in [0.15, 0.2) is 11.5 Å². The van der Waals surface area contributed by atoms with Crippen molar-refractivity contribution in [2.45, 2.75) is 6.54 Å². The molecule has 4 rings (SSSR count). The summed E-state index contributed by atoms with van der Waals surface area (Å²) in [6, 6.07) is 11.4. The molecule has 2 N–H and O–H groups in total. The lowest BCUT2D eigenvalue weighted by atomic mass is 10.2. The first-order chi connectivity index (χ1) is 12.7. The largest absolute Gasteiger partial charge is 0.463 e. The zero-order chi connectivity index (χ0) is 17.9. The van der Waals surface area contributed by atoms with Gasteiger partial charge in [0.05, 0.1) is 12.8 Å². The summed E-state index contributed by atoms with van der Waals surface area (Å²) in [5, 5.41) is 13.3. The third kappa shape index (κ3) is 3.22. The van der Waals surface area contributed by atoms with Crippen molar-refractivity contribution in [1.29, 1.82) is 0 Å². The molecule has 0 unspecified atom stereocenters. The van der Waals surface area contributed by atoms with Crippen molar-refractivity contribution in [3.63, 3.8) is 0 Å². The number of nitrogens with one attached hydrogen (secondary N) is 2. The van der Waals surface area contributed by atoms with Crippen LogP contribution < -0.4 is 5.32 Å². The smallest absolute Gasteiger partial charge is 0.278 e. The van der Waals surface area contributed by atoms with E-state index in [2.05, 4.69) is 25.6 Å². The number of benzene rings is 1. The van der Waals surface area contributed by atoms with E-state index in [1.54, 1.807) is 36.4 Å². The highest BCUT2D eigenvalue weighted by Crippen LogP contribution is 2.18. The fourth-order valence-corrected chi connectivity index (χ4v) is 2.39. The number of anilines is 1. The van der Waals surface area contributed by atoms with Crippen molar-refractivity contribution in [3.05, 3.63) is 72.1 Å². The van der Waals surface area contributed by atoms with Gasteiger partial charge in [-0.15, -0.1) is 5.10 Å². The molecular formula is C17H13FN6O2. The van der Waals surface area contributed by atoms with Crippen LogP contribution in [0.1, 0.15) is 16.1 Å². The summed E-state index contributed by atoms with van der Waals surface area (Å²) in [5.41, 5.74) is 1.23. The maximum Gasteiger partial charge on any atom is 0.278 e. The molecule has 4 aromatic rings. The first kappa shape index (κ1) is 15.8. The number of carbonyl (C=O) groups excluding carboxylic acids is 1. The van der Waals surface area contributed by atoms with E-state index in [1.807, 2.05) is 0 Å². The minimum atomic E-state index is -0.470. The number of aromatic amines is 1. The van der Waals surface area contributed by atoms with Gasteiger partial charge in [0.2, 0.25) is 5.95 Å². The van der Waals surface area contributed by atoms with Gasteiger partial charge in [-0.05, 0) is 18.2 Å². The van der Waals surface area contributed by atoms with E-state index in [-0.39, 0.29) is 24.0 Å². The molecule has 3 heterocycles. The predicted molar refractivity (Wildman–Crippen MR) is 89.8 cm³/mol. The molecule has 0 atom stereocenters. The summed E-state index contributed by atoms with van der Waals surface area (Å²) in [6.45, 7) is 0.209. The van der Waals surface area contributed by atoms with E-state index in [9.17, 15) is 9.18 Å². The molecule has 0 aliphatic carbocycles. The molecular weight excluding hydrogens is 339 g/mol. The van der Waals surface area contributed by atoms with E-state index in [4.69, 9.17) is 4.42 Å². The molecule has 9 heteroatoms. The van der Waals surface area contributed by atoms with Gasteiger partial charge in [0.1, 0.15) is 17.8 Å². The topological polar surface area (TPSA) is 102 Å². The summed E-state index contributed by atoms with van der Waals surface area (Å²) in [7, 11) is 0. The van der Waals surface area contributed by atoms with Gasteiger partial charge in [-0.1, -0.05) is 18.2 Å². The zero-order valence-electron chi connectivity index (χ0n) is 13.4. The summed E-state index contributed by atoms with van der Waals surface area (Å²) in [5.74, 6) is -0.115. The number of nitrogens with zero attached hydrogens (tertiary/aromatic N) is 4. The van der Waals surface area contributed by atoms with E-state index in [1.165, 1.54) is 23.3 Å². The van der Waals surface area contributed by atoms with Crippen molar-refractivity contribution in [2.24, 2.45) is 0 Å². The van der Waals surface area contributed by atoms with Crippen LogP contribution >= 0.6 is 0 Å². The van der Waals surface area contributed by atoms with Gasteiger partial charge in [-0.25, -0.2) is 14.1 Å². The second-order valence-corrected chi connectivity index (χ2v) is 5.46. The third-order valence-electron chi connectivity index (χ3n) is 3.65. The Kier molecular flexibility index (Phi) is 4.02. The normalized spacial score (nSPS) is 10.8. The molecule has 3 aromatic heterocycles. The van der Waals surface area contributed by atoms with E-state index in [0.29, 0.717) is 17.0 Å². The molecule has 0 fully saturated rings. The Morgan fingerprint density at radius 1 is 1.27 bits per heavy atom. The average molecular weight is 352 g/mol. The van der Waals surface area contributed by atoms with Crippen LogP contribution in [-0.4, -0.2) is 30.9 Å². The van der Waals surface area contributed by atoms with E-state index in [0.717, 1.165) is 0 Å². The molecule has 26 heavy (non-hydrogen) atoms. The van der Waals surface area contributed by atoms with Crippen LogP contribution in [-0.2, 0) is 6.54 Å². The number of hydrogen-bond donors (Lipinski definition) is 2. The number of hydrogen-bond acceptors (Lipinski definition) is 5. The molecule has 8 nitrogen and oxygen atoms in total. The molecule has 0 saturated carbocycles. The Bertz CT molecular complexity index is 1040. The fraction of sp³-hybridized carbons (Fsp3) is 0.0588. The van der Waals surface area contributed by atoms with Gasteiger partial charge in [-0.2, -0.15) is 5.10 Å². The molecule has 0 bridgehead atoms. The number of amides is 1. The van der Waals surface area contributed by atoms with Crippen molar-refractivity contribution < 1.29 is 13.6 Å². The van der Waals surface area contributed by atoms with E-state index < -0.39 is 5.91 Å². The molecule has 0 spiro atoms. The first-order valence-corrected chi connectivity index (χ1v) is 7.72. The number of rotatable bonds is 5. The summed E-state index contributed by atoms with van der Waals surface area (Å²) in [6.07, 6.45) is 2.95. The third-order valence-corrected chi connectivity index (χ3v) is 3.65. The van der Waals surface area contributed by atoms with Crippen LogP contribution in [0.3, 0.4) is 0 Å². The Morgan fingerprint density at radius 2 is 2.15 bits per heavy atom. The summed E-state index contributed by atoms with van der Waals surface area (Å²) in [4.78, 5) is 16.3. The first-order valence-electron chi connectivity index (χ1n) is 7.72. The van der Waals surface area contributed by atoms with Gasteiger partial charge >= 0.3 is 0 Å². The lowest BCUT2D eigenvalue weighted by Gasteiger charge is -2.02. The SMILES string of the molecule is O=C(Nc1ncn(Cc2ccccc2F)n1)c1cc(-c2ccco2)[nH]n1. The maximum absolute atomic E-state index is 13.7. The maximum atomic E-state index is 13.7. The quantitative estimate of drug-likeness (QED) is 0.575. The van der Waals surface area contributed by atoms with Crippen LogP contribution in [0.25, 0.3) is 11.5 Å². The number of carbonyl (C=O) groups is 1. The average Bonchev–Trinajstić information content (AvgIpc) is 3.38. The van der Waals surface area contributed by atoms with Crippen LogP contribution in [0.5, 0.6) is 0 Å². The number of halogens is 1. The predicted octanol–water partition coefficient (Wildman–Crippen LogP) is 2.70. The number of furan rings is 1. The van der Waals surface area contributed by atoms with Crippen LogP contribution in [0.2, 0.25) is 0 Å². The Balaban J connectivity index is 1.44. The lowest BCUT2D eigenvalue weighted by Crippen LogP contribution is -2.14. The monoisotopic (exact) mass is 352 g/mol. The molecule has 130 valence electrons. The summed E-state index contributed by atoms with van der Waals surface area (Å²) < 4.78 is 20.4. The lowest BCUT2D eigenvalue weighted by molar-refractivity contribution is 0.102. The molecule has 0 saturated heterocycles. The van der Waals surface area contributed by atoms with E-state index >= 15 is 0 Å². The Hall–Kier alpha value is -3.75. The van der Waals surface area contributed by atoms with Crippen LogP contribution in [0, 0.1) is 5.82 Å². The highest BCUT2D eigenvalue weighted by atomic mass is 19.1. The minimum absolute atomic E-state index is 0.105. The van der Waals surface area contributed by atoms with Crippen molar-refractivity contribution in [3.8, 4) is 11.5 Å². The van der Waals surface area contributed by atoms with Crippen LogP contribution in [0.4, 0.5) is 10.3 Å². The van der Waals surface area contributed by atoms with Gasteiger partial charge in [0, 0.05) is 11.6 Å². The number of aromatic nitrogens is 5. The fourth-order valence-electron chi connectivity index (χ4n) is 2.39. The molecule has 1 amide bonds. The Labute approximate surface area is 146 Å². The minimum Gasteiger partial charge on any atom is -0.463 e. The second kappa shape index (κ2) is 6.63. The van der Waals surface area contributed by atoms with Crippen molar-refractivity contribution in [1.82, 2.24) is 25.0 Å². The highest BCUT2D eigenvalue weighted by molar-refractivity contribution is 6.02.